The van der Waals surface area contributed by atoms with Crippen LogP contribution in [0.5, 0.6) is 0 Å². The maximum atomic E-state index is 11.2. The Hall–Kier alpha value is -1.22. The van der Waals surface area contributed by atoms with Crippen molar-refractivity contribution in [2.45, 2.75) is 65.2 Å². The second kappa shape index (κ2) is 16.2. The molecule has 0 heterocycles. The van der Waals surface area contributed by atoms with Gasteiger partial charge < -0.3 is 0 Å². The molecular weight excluding hydrogens is 296 g/mol. The third kappa shape index (κ3) is 15.2. The molecule has 0 aliphatic heterocycles. The molecule has 0 N–H and O–H groups in total. The van der Waals surface area contributed by atoms with Crippen molar-refractivity contribution >= 4 is 11.9 Å². The van der Waals surface area contributed by atoms with Crippen molar-refractivity contribution in [3.8, 4) is 0 Å². The van der Waals surface area contributed by atoms with Crippen LogP contribution in [0.2, 0.25) is 0 Å². The molecule has 0 unspecified atom stereocenters. The van der Waals surface area contributed by atoms with Gasteiger partial charge in [0.2, 0.25) is 0 Å². The van der Waals surface area contributed by atoms with Crippen molar-refractivity contribution in [2.24, 2.45) is 0 Å². The predicted molar refractivity (Wildman–Crippen MR) is 74.5 cm³/mol. The van der Waals surface area contributed by atoms with E-state index in [1.54, 1.807) is 0 Å². The topological polar surface area (TPSA) is 89.5 Å². The molecule has 0 atom stereocenters. The lowest BCUT2D eigenvalue weighted by molar-refractivity contribution is -0.487. The lowest BCUT2D eigenvalue weighted by atomic mass is 10.2. The highest BCUT2D eigenvalue weighted by Crippen LogP contribution is 2.04. The Bertz CT molecular complexity index is 254. The first-order valence-electron chi connectivity index (χ1n) is 7.68. The first-order valence-corrected chi connectivity index (χ1v) is 7.68. The molecule has 22 heavy (non-hydrogen) atoms. The quantitative estimate of drug-likeness (QED) is 0.258. The second-order valence-electron chi connectivity index (χ2n) is 4.60. The Morgan fingerprint density at radius 1 is 0.682 bits per heavy atom. The molecule has 0 amide bonds. The van der Waals surface area contributed by atoms with Crippen LogP contribution in [0, 0.1) is 0 Å². The number of hydrogen-bond donors (Lipinski definition) is 0. The number of carbonyl (C=O) groups is 2. The van der Waals surface area contributed by atoms with E-state index in [1.165, 1.54) is 0 Å². The molecule has 8 nitrogen and oxygen atoms in total. The molecule has 0 bridgehead atoms. The SMILES string of the molecule is CCCCOOOC(=O)CCCCC(=O)OOOCCCC. The maximum Gasteiger partial charge on any atom is 0.345 e. The lowest BCUT2D eigenvalue weighted by Gasteiger charge is -2.03. The summed E-state index contributed by atoms with van der Waals surface area (Å²) in [5.41, 5.74) is 0. The summed E-state index contributed by atoms with van der Waals surface area (Å²) in [5.74, 6) is -1.10. The number of unbranched alkanes of at least 4 members (excludes halogenated alkanes) is 3. The van der Waals surface area contributed by atoms with Gasteiger partial charge in [-0.2, -0.15) is 9.78 Å². The molecule has 0 rings (SSSR count). The first kappa shape index (κ1) is 20.8. The van der Waals surface area contributed by atoms with Gasteiger partial charge in [0.25, 0.3) is 0 Å². The third-order valence-corrected chi connectivity index (χ3v) is 2.52. The average molecular weight is 322 g/mol. The highest BCUT2D eigenvalue weighted by Gasteiger charge is 2.08. The van der Waals surface area contributed by atoms with Crippen molar-refractivity contribution in [3.05, 3.63) is 0 Å². The van der Waals surface area contributed by atoms with Crippen LogP contribution in [0.1, 0.15) is 65.2 Å². The number of rotatable bonds is 15. The monoisotopic (exact) mass is 322 g/mol. The largest absolute Gasteiger partial charge is 0.345 e. The summed E-state index contributed by atoms with van der Waals surface area (Å²) in [4.78, 5) is 40.4. The third-order valence-electron chi connectivity index (χ3n) is 2.52. The van der Waals surface area contributed by atoms with Crippen molar-refractivity contribution < 1.29 is 39.2 Å². The van der Waals surface area contributed by atoms with Crippen molar-refractivity contribution in [3.63, 3.8) is 0 Å². The molecule has 130 valence electrons. The van der Waals surface area contributed by atoms with Gasteiger partial charge in [-0.05, 0) is 35.8 Å². The lowest BCUT2D eigenvalue weighted by Crippen LogP contribution is -2.08. The van der Waals surface area contributed by atoms with E-state index < -0.39 is 11.9 Å². The molecule has 0 fully saturated rings. The van der Waals surface area contributed by atoms with Gasteiger partial charge in [0.15, 0.2) is 0 Å². The molecule has 0 aliphatic rings. The van der Waals surface area contributed by atoms with Crippen LogP contribution in [0.4, 0.5) is 0 Å². The molecular formula is C14H26O8. The molecule has 0 saturated carbocycles. The maximum absolute atomic E-state index is 11.2. The van der Waals surface area contributed by atoms with Crippen LogP contribution in [0.3, 0.4) is 0 Å². The predicted octanol–water partition coefficient (Wildman–Crippen LogP) is 2.96. The van der Waals surface area contributed by atoms with E-state index in [9.17, 15) is 9.59 Å². The fourth-order valence-electron chi connectivity index (χ4n) is 1.22. The summed E-state index contributed by atoms with van der Waals surface area (Å²) in [6.07, 6.45) is 4.73. The molecule has 0 aromatic heterocycles. The molecule has 0 aromatic rings. The summed E-state index contributed by atoms with van der Waals surface area (Å²) in [5, 5.41) is 8.57. The molecule has 0 spiro atoms. The standard InChI is InChI=1S/C14H26O8/c1-3-5-11-17-21-19-13(15)9-7-8-10-14(16)20-22-18-12-6-4-2/h3-12H2,1-2H3. The van der Waals surface area contributed by atoms with E-state index >= 15 is 0 Å². The highest BCUT2D eigenvalue weighted by molar-refractivity contribution is 5.69. The molecule has 0 saturated heterocycles. The van der Waals surface area contributed by atoms with Crippen LogP contribution < -0.4 is 0 Å². The smallest absolute Gasteiger partial charge is 0.269 e. The summed E-state index contributed by atoms with van der Waals surface area (Å²) in [7, 11) is 0. The first-order chi connectivity index (χ1) is 10.7. The van der Waals surface area contributed by atoms with Crippen LogP contribution in [-0.4, -0.2) is 25.2 Å². The zero-order valence-electron chi connectivity index (χ0n) is 13.3. The Morgan fingerprint density at radius 2 is 1.09 bits per heavy atom. The van der Waals surface area contributed by atoms with Crippen molar-refractivity contribution in [1.82, 2.24) is 0 Å². The fourth-order valence-corrected chi connectivity index (χ4v) is 1.22. The minimum absolute atomic E-state index is 0.123. The van der Waals surface area contributed by atoms with E-state index in [-0.39, 0.29) is 12.8 Å². The van der Waals surface area contributed by atoms with E-state index in [0.29, 0.717) is 26.1 Å². The Labute approximate surface area is 130 Å². The van der Waals surface area contributed by atoms with E-state index in [2.05, 4.69) is 29.6 Å². The highest BCUT2D eigenvalue weighted by atomic mass is 17.5. The Morgan fingerprint density at radius 3 is 1.45 bits per heavy atom. The van der Waals surface area contributed by atoms with Crippen LogP contribution in [0.25, 0.3) is 0 Å². The zero-order chi connectivity index (χ0) is 16.5. The van der Waals surface area contributed by atoms with E-state index in [1.807, 2.05) is 13.8 Å². The van der Waals surface area contributed by atoms with E-state index in [0.717, 1.165) is 25.7 Å². The van der Waals surface area contributed by atoms with Gasteiger partial charge in [0.05, 0.1) is 13.2 Å². The second-order valence-corrected chi connectivity index (χ2v) is 4.60. The van der Waals surface area contributed by atoms with Crippen molar-refractivity contribution in [2.75, 3.05) is 13.2 Å². The fraction of sp³-hybridized carbons (Fsp3) is 0.857. The van der Waals surface area contributed by atoms with Gasteiger partial charge in [0, 0.05) is 12.8 Å². The zero-order valence-corrected chi connectivity index (χ0v) is 13.3. The van der Waals surface area contributed by atoms with Gasteiger partial charge >= 0.3 is 11.9 Å². The molecule has 0 radical (unpaired) electrons. The minimum Gasteiger partial charge on any atom is -0.269 e. The molecule has 0 aromatic carbocycles. The van der Waals surface area contributed by atoms with Gasteiger partial charge in [-0.3, -0.25) is 9.78 Å². The molecule has 0 aliphatic carbocycles. The van der Waals surface area contributed by atoms with E-state index in [4.69, 9.17) is 0 Å². The minimum atomic E-state index is -0.552. The van der Waals surface area contributed by atoms with Crippen LogP contribution in [-0.2, 0) is 39.2 Å². The Balaban J connectivity index is 3.32. The summed E-state index contributed by atoms with van der Waals surface area (Å²) < 4.78 is 0. The number of hydrogen-bond acceptors (Lipinski definition) is 8. The number of carbonyl (C=O) groups excluding carboxylic acids is 2. The molecule has 8 heteroatoms. The summed E-state index contributed by atoms with van der Waals surface area (Å²) >= 11 is 0. The summed E-state index contributed by atoms with van der Waals surface area (Å²) in [6, 6.07) is 0. The summed E-state index contributed by atoms with van der Waals surface area (Å²) in [6.45, 7) is 4.75. The van der Waals surface area contributed by atoms with Crippen LogP contribution >= 0.6 is 0 Å². The van der Waals surface area contributed by atoms with Gasteiger partial charge in [-0.25, -0.2) is 9.59 Å². The van der Waals surface area contributed by atoms with Crippen molar-refractivity contribution in [1.29, 1.82) is 0 Å². The van der Waals surface area contributed by atoms with Gasteiger partial charge in [-0.15, -0.1) is 0 Å². The van der Waals surface area contributed by atoms with Crippen LogP contribution in [0.15, 0.2) is 0 Å². The Kier molecular flexibility index (Phi) is 15.3. The normalized spacial score (nSPS) is 10.5. The van der Waals surface area contributed by atoms with Gasteiger partial charge in [-0.1, -0.05) is 26.7 Å². The average Bonchev–Trinajstić information content (AvgIpc) is 2.51. The van der Waals surface area contributed by atoms with Gasteiger partial charge in [0.1, 0.15) is 0 Å².